The summed E-state index contributed by atoms with van der Waals surface area (Å²) >= 11 is 0. The van der Waals surface area contributed by atoms with E-state index in [0.29, 0.717) is 18.5 Å². The van der Waals surface area contributed by atoms with Gasteiger partial charge in [0.25, 0.3) is 0 Å². The SMILES string of the molecule is CC(C)(C)OC(=O)N1CCc2ccccc2[C@@H]1C(=O)[O-]. The molecule has 0 saturated heterocycles. The molecule has 0 radical (unpaired) electrons. The number of carbonyl (C=O) groups excluding carboxylic acids is 2. The van der Waals surface area contributed by atoms with E-state index in [9.17, 15) is 14.7 Å². The Kier molecular flexibility index (Phi) is 3.70. The van der Waals surface area contributed by atoms with Gasteiger partial charge in [-0.1, -0.05) is 24.3 Å². The number of hydrogen-bond donors (Lipinski definition) is 0. The minimum atomic E-state index is -1.29. The number of amides is 1. The van der Waals surface area contributed by atoms with E-state index in [2.05, 4.69) is 0 Å². The van der Waals surface area contributed by atoms with Crippen LogP contribution in [-0.4, -0.2) is 29.1 Å². The maximum atomic E-state index is 12.2. The first-order chi connectivity index (χ1) is 9.29. The van der Waals surface area contributed by atoms with Crippen molar-refractivity contribution in [2.75, 3.05) is 6.54 Å². The Balaban J connectivity index is 2.32. The van der Waals surface area contributed by atoms with E-state index in [-0.39, 0.29) is 0 Å². The average Bonchev–Trinajstić information content (AvgIpc) is 2.35. The first kappa shape index (κ1) is 14.4. The smallest absolute Gasteiger partial charge is 0.411 e. The van der Waals surface area contributed by atoms with Crippen molar-refractivity contribution in [3.05, 3.63) is 35.4 Å². The summed E-state index contributed by atoms with van der Waals surface area (Å²) in [6.45, 7) is 5.55. The largest absolute Gasteiger partial charge is 0.548 e. The van der Waals surface area contributed by atoms with Crippen LogP contribution in [0, 0.1) is 0 Å². The Morgan fingerprint density at radius 2 is 1.95 bits per heavy atom. The fourth-order valence-corrected chi connectivity index (χ4v) is 2.34. The highest BCUT2D eigenvalue weighted by atomic mass is 16.6. The van der Waals surface area contributed by atoms with E-state index in [0.717, 1.165) is 5.56 Å². The molecule has 108 valence electrons. The Morgan fingerprint density at radius 1 is 1.30 bits per heavy atom. The Morgan fingerprint density at radius 3 is 2.55 bits per heavy atom. The topological polar surface area (TPSA) is 69.7 Å². The van der Waals surface area contributed by atoms with E-state index in [4.69, 9.17) is 4.74 Å². The van der Waals surface area contributed by atoms with Gasteiger partial charge < -0.3 is 14.6 Å². The molecule has 0 N–H and O–H groups in total. The molecule has 0 saturated carbocycles. The van der Waals surface area contributed by atoms with Crippen LogP contribution in [-0.2, 0) is 16.0 Å². The number of nitrogens with zero attached hydrogens (tertiary/aromatic N) is 1. The second-order valence-electron chi connectivity index (χ2n) is 5.84. The fourth-order valence-electron chi connectivity index (χ4n) is 2.34. The third kappa shape index (κ3) is 2.92. The van der Waals surface area contributed by atoms with Gasteiger partial charge in [0.2, 0.25) is 0 Å². The van der Waals surface area contributed by atoms with Crippen LogP contribution in [0.4, 0.5) is 4.79 Å². The van der Waals surface area contributed by atoms with Gasteiger partial charge in [-0.05, 0) is 38.3 Å². The van der Waals surface area contributed by atoms with Gasteiger partial charge in [-0.15, -0.1) is 0 Å². The number of fused-ring (bicyclic) bond motifs is 1. The van der Waals surface area contributed by atoms with Gasteiger partial charge >= 0.3 is 6.09 Å². The van der Waals surface area contributed by atoms with Gasteiger partial charge in [0.15, 0.2) is 0 Å². The van der Waals surface area contributed by atoms with Gasteiger partial charge in [-0.25, -0.2) is 4.79 Å². The van der Waals surface area contributed by atoms with Crippen LogP contribution in [0.15, 0.2) is 24.3 Å². The van der Waals surface area contributed by atoms with Crippen LogP contribution in [0.2, 0.25) is 0 Å². The highest BCUT2D eigenvalue weighted by Crippen LogP contribution is 2.30. The highest BCUT2D eigenvalue weighted by Gasteiger charge is 2.34. The van der Waals surface area contributed by atoms with Crippen molar-refractivity contribution in [1.82, 2.24) is 4.90 Å². The summed E-state index contributed by atoms with van der Waals surface area (Å²) in [5.74, 6) is -1.29. The first-order valence-electron chi connectivity index (χ1n) is 6.58. The lowest BCUT2D eigenvalue weighted by atomic mass is 9.93. The third-order valence-electron chi connectivity index (χ3n) is 3.13. The molecule has 0 unspecified atom stereocenters. The number of hydrogen-bond acceptors (Lipinski definition) is 4. The average molecular weight is 276 g/mol. The first-order valence-corrected chi connectivity index (χ1v) is 6.58. The Bertz CT molecular complexity index is 533. The second kappa shape index (κ2) is 5.15. The number of carboxylic acid groups (broad SMARTS) is 1. The van der Waals surface area contributed by atoms with Gasteiger partial charge in [0.05, 0.1) is 5.97 Å². The summed E-state index contributed by atoms with van der Waals surface area (Å²) in [5, 5.41) is 11.4. The summed E-state index contributed by atoms with van der Waals surface area (Å²) < 4.78 is 5.27. The normalized spacial score (nSPS) is 18.4. The van der Waals surface area contributed by atoms with E-state index in [1.54, 1.807) is 32.9 Å². The molecule has 0 fully saturated rings. The molecule has 0 aromatic heterocycles. The molecule has 1 heterocycles. The summed E-state index contributed by atoms with van der Waals surface area (Å²) in [6.07, 6.45) is -0.0136. The van der Waals surface area contributed by atoms with Crippen LogP contribution in [0.25, 0.3) is 0 Å². The second-order valence-corrected chi connectivity index (χ2v) is 5.84. The molecule has 2 rings (SSSR count). The van der Waals surface area contributed by atoms with Crippen molar-refractivity contribution in [3.8, 4) is 0 Å². The van der Waals surface area contributed by atoms with E-state index < -0.39 is 23.7 Å². The van der Waals surface area contributed by atoms with Gasteiger partial charge in [-0.2, -0.15) is 0 Å². The molecule has 20 heavy (non-hydrogen) atoms. The van der Waals surface area contributed by atoms with Crippen molar-refractivity contribution in [2.24, 2.45) is 0 Å². The Labute approximate surface area is 118 Å². The lowest BCUT2D eigenvalue weighted by Crippen LogP contribution is -2.49. The minimum absolute atomic E-state index is 0.310. The lowest BCUT2D eigenvalue weighted by molar-refractivity contribution is -0.312. The lowest BCUT2D eigenvalue weighted by Gasteiger charge is -2.38. The van der Waals surface area contributed by atoms with Crippen LogP contribution in [0.1, 0.15) is 37.9 Å². The molecule has 5 heteroatoms. The summed E-state index contributed by atoms with van der Waals surface area (Å²) in [6, 6.07) is 6.11. The molecule has 1 aromatic carbocycles. The zero-order valence-electron chi connectivity index (χ0n) is 11.9. The molecule has 1 atom stereocenters. The minimum Gasteiger partial charge on any atom is -0.548 e. The van der Waals surface area contributed by atoms with Crippen molar-refractivity contribution in [1.29, 1.82) is 0 Å². The van der Waals surface area contributed by atoms with Crippen molar-refractivity contribution >= 4 is 12.1 Å². The number of carboxylic acids is 1. The third-order valence-corrected chi connectivity index (χ3v) is 3.13. The predicted octanol–water partition coefficient (Wildman–Crippen LogP) is 1.27. The molecule has 5 nitrogen and oxygen atoms in total. The van der Waals surface area contributed by atoms with Crippen LogP contribution in [0.3, 0.4) is 0 Å². The van der Waals surface area contributed by atoms with Crippen molar-refractivity contribution in [2.45, 2.75) is 38.8 Å². The molecule has 1 aliphatic heterocycles. The molecule has 0 spiro atoms. The van der Waals surface area contributed by atoms with Crippen LogP contribution >= 0.6 is 0 Å². The highest BCUT2D eigenvalue weighted by molar-refractivity contribution is 5.81. The summed E-state index contributed by atoms with van der Waals surface area (Å²) in [4.78, 5) is 24.8. The van der Waals surface area contributed by atoms with E-state index >= 15 is 0 Å². The number of carbonyl (C=O) groups is 2. The Hall–Kier alpha value is -2.04. The van der Waals surface area contributed by atoms with Crippen LogP contribution in [0.5, 0.6) is 0 Å². The van der Waals surface area contributed by atoms with Crippen LogP contribution < -0.4 is 5.11 Å². The standard InChI is InChI=1S/C15H19NO4/c1-15(2,3)20-14(19)16-9-8-10-6-4-5-7-11(10)12(16)13(17)18/h4-7,12H,8-9H2,1-3H3,(H,17,18)/p-1/t12-/m1/s1. The van der Waals surface area contributed by atoms with E-state index in [1.807, 2.05) is 12.1 Å². The van der Waals surface area contributed by atoms with Crippen molar-refractivity contribution < 1.29 is 19.4 Å². The molecule has 1 aliphatic rings. The fraction of sp³-hybridized carbons (Fsp3) is 0.467. The number of aliphatic carboxylic acids is 1. The van der Waals surface area contributed by atoms with Gasteiger partial charge in [0, 0.05) is 6.54 Å². The molecule has 1 amide bonds. The maximum Gasteiger partial charge on any atom is 0.411 e. The zero-order valence-corrected chi connectivity index (χ0v) is 11.9. The number of ether oxygens (including phenoxy) is 1. The van der Waals surface area contributed by atoms with E-state index in [1.165, 1.54) is 4.90 Å². The van der Waals surface area contributed by atoms with Gasteiger partial charge in [0.1, 0.15) is 11.6 Å². The molecule has 0 aliphatic carbocycles. The number of rotatable bonds is 1. The number of benzene rings is 1. The molecular formula is C15H18NO4-. The maximum absolute atomic E-state index is 12.2. The quantitative estimate of drug-likeness (QED) is 0.774. The predicted molar refractivity (Wildman–Crippen MR) is 70.8 cm³/mol. The van der Waals surface area contributed by atoms with Gasteiger partial charge in [-0.3, -0.25) is 4.90 Å². The molecule has 0 bridgehead atoms. The zero-order chi connectivity index (χ0) is 14.9. The molecular weight excluding hydrogens is 258 g/mol. The van der Waals surface area contributed by atoms with Crippen molar-refractivity contribution in [3.63, 3.8) is 0 Å². The summed E-state index contributed by atoms with van der Waals surface area (Å²) in [5.41, 5.74) is 0.871. The monoisotopic (exact) mass is 276 g/mol. The summed E-state index contributed by atoms with van der Waals surface area (Å²) in [7, 11) is 0. The molecule has 1 aromatic rings.